The van der Waals surface area contributed by atoms with Crippen molar-refractivity contribution in [3.63, 3.8) is 0 Å². The molecule has 0 atom stereocenters. The largest absolute Gasteiger partial charge is 0.497 e. The van der Waals surface area contributed by atoms with Gasteiger partial charge in [0.1, 0.15) is 11.8 Å². The normalized spacial score (nSPS) is 13.4. The van der Waals surface area contributed by atoms with E-state index < -0.39 is 0 Å². The summed E-state index contributed by atoms with van der Waals surface area (Å²) in [5, 5.41) is 9.31. The van der Waals surface area contributed by atoms with Gasteiger partial charge in [0.2, 0.25) is 0 Å². The molecule has 21 heavy (non-hydrogen) atoms. The molecule has 0 saturated carbocycles. The van der Waals surface area contributed by atoms with Crippen molar-refractivity contribution in [2.75, 3.05) is 24.3 Å². The smallest absolute Gasteiger partial charge is 0.121 e. The predicted octanol–water partition coefficient (Wildman–Crippen LogP) is 2.71. The first kappa shape index (κ1) is 13.3. The number of benzene rings is 2. The highest BCUT2D eigenvalue weighted by Gasteiger charge is 2.20. The summed E-state index contributed by atoms with van der Waals surface area (Å²) in [6.07, 6.45) is 0.893. The van der Waals surface area contributed by atoms with Gasteiger partial charge in [-0.3, -0.25) is 0 Å². The molecule has 0 aliphatic carbocycles. The van der Waals surface area contributed by atoms with E-state index in [0.29, 0.717) is 5.56 Å². The quantitative estimate of drug-likeness (QED) is 0.859. The van der Waals surface area contributed by atoms with Gasteiger partial charge in [0.15, 0.2) is 0 Å². The van der Waals surface area contributed by atoms with Gasteiger partial charge in [-0.2, -0.15) is 5.26 Å². The molecule has 0 fully saturated rings. The Kier molecular flexibility index (Phi) is 3.41. The van der Waals surface area contributed by atoms with Crippen LogP contribution in [0.15, 0.2) is 36.4 Å². The molecule has 1 heterocycles. The summed E-state index contributed by atoms with van der Waals surface area (Å²) in [6.45, 7) is 1.62. The van der Waals surface area contributed by atoms with Crippen LogP contribution in [0, 0.1) is 11.3 Å². The first-order valence-electron chi connectivity index (χ1n) is 6.92. The number of hydrogen-bond donors (Lipinski definition) is 1. The monoisotopic (exact) mass is 279 g/mol. The predicted molar refractivity (Wildman–Crippen MR) is 83.3 cm³/mol. The van der Waals surface area contributed by atoms with Crippen molar-refractivity contribution < 1.29 is 4.74 Å². The molecule has 0 unspecified atom stereocenters. The Bertz CT molecular complexity index is 718. The van der Waals surface area contributed by atoms with Crippen LogP contribution in [0.5, 0.6) is 5.75 Å². The van der Waals surface area contributed by atoms with E-state index in [2.05, 4.69) is 17.0 Å². The zero-order valence-corrected chi connectivity index (χ0v) is 12.0. The molecule has 0 spiro atoms. The first-order valence-corrected chi connectivity index (χ1v) is 6.92. The summed E-state index contributed by atoms with van der Waals surface area (Å²) in [6, 6.07) is 13.8. The SMILES string of the molecule is COc1ccc(C#N)c(N2CCc3c(N)cccc3C2)c1. The summed E-state index contributed by atoms with van der Waals surface area (Å²) in [4.78, 5) is 2.21. The Balaban J connectivity index is 1.98. The molecule has 0 aromatic heterocycles. The van der Waals surface area contributed by atoms with E-state index in [0.717, 1.165) is 36.6 Å². The lowest BCUT2D eigenvalue weighted by Crippen LogP contribution is -2.31. The van der Waals surface area contributed by atoms with Gasteiger partial charge in [-0.15, -0.1) is 0 Å². The molecule has 4 nitrogen and oxygen atoms in total. The van der Waals surface area contributed by atoms with E-state index in [1.807, 2.05) is 30.3 Å². The zero-order chi connectivity index (χ0) is 14.8. The third-order valence-corrected chi connectivity index (χ3v) is 3.97. The standard InChI is InChI=1S/C17H17N3O/c1-21-14-6-5-12(10-18)17(9-14)20-8-7-15-13(11-20)3-2-4-16(15)19/h2-6,9H,7-8,11,19H2,1H3. The molecular formula is C17H17N3O. The van der Waals surface area contributed by atoms with Crippen molar-refractivity contribution in [2.24, 2.45) is 0 Å². The van der Waals surface area contributed by atoms with Gasteiger partial charge in [-0.05, 0) is 35.7 Å². The maximum absolute atomic E-state index is 9.31. The second-order valence-electron chi connectivity index (χ2n) is 5.15. The van der Waals surface area contributed by atoms with Crippen LogP contribution >= 0.6 is 0 Å². The molecule has 4 heteroatoms. The fraction of sp³-hybridized carbons (Fsp3) is 0.235. The van der Waals surface area contributed by atoms with Crippen LogP contribution in [0.25, 0.3) is 0 Å². The molecule has 3 rings (SSSR count). The highest BCUT2D eigenvalue weighted by Crippen LogP contribution is 2.31. The Morgan fingerprint density at radius 1 is 1.29 bits per heavy atom. The average Bonchev–Trinajstić information content (AvgIpc) is 2.54. The van der Waals surface area contributed by atoms with Crippen LogP contribution in [0.2, 0.25) is 0 Å². The van der Waals surface area contributed by atoms with Gasteiger partial charge in [0, 0.05) is 24.8 Å². The van der Waals surface area contributed by atoms with E-state index in [9.17, 15) is 5.26 Å². The molecule has 0 amide bonds. The van der Waals surface area contributed by atoms with E-state index in [1.165, 1.54) is 11.1 Å². The summed E-state index contributed by atoms with van der Waals surface area (Å²) < 4.78 is 5.28. The second kappa shape index (κ2) is 5.37. The molecule has 2 N–H and O–H groups in total. The molecule has 1 aliphatic rings. The highest BCUT2D eigenvalue weighted by atomic mass is 16.5. The number of fused-ring (bicyclic) bond motifs is 1. The molecular weight excluding hydrogens is 262 g/mol. The minimum absolute atomic E-state index is 0.670. The van der Waals surface area contributed by atoms with Gasteiger partial charge in [0.25, 0.3) is 0 Å². The summed E-state index contributed by atoms with van der Waals surface area (Å²) in [5.41, 5.74) is 10.9. The molecule has 0 bridgehead atoms. The number of nitrogens with zero attached hydrogens (tertiary/aromatic N) is 2. The van der Waals surface area contributed by atoms with Gasteiger partial charge in [-0.25, -0.2) is 0 Å². The van der Waals surface area contributed by atoms with Crippen LogP contribution in [-0.4, -0.2) is 13.7 Å². The number of nitrogen functional groups attached to an aromatic ring is 1. The van der Waals surface area contributed by atoms with Crippen LogP contribution in [-0.2, 0) is 13.0 Å². The van der Waals surface area contributed by atoms with Gasteiger partial charge < -0.3 is 15.4 Å². The average molecular weight is 279 g/mol. The molecule has 2 aromatic carbocycles. The van der Waals surface area contributed by atoms with Crippen LogP contribution in [0.3, 0.4) is 0 Å². The summed E-state index contributed by atoms with van der Waals surface area (Å²) in [5.74, 6) is 0.766. The van der Waals surface area contributed by atoms with Gasteiger partial charge in [0.05, 0.1) is 18.4 Å². The minimum atomic E-state index is 0.670. The Hall–Kier alpha value is -2.67. The third-order valence-electron chi connectivity index (χ3n) is 3.97. The minimum Gasteiger partial charge on any atom is -0.497 e. The maximum Gasteiger partial charge on any atom is 0.121 e. The fourth-order valence-electron chi connectivity index (χ4n) is 2.84. The van der Waals surface area contributed by atoms with E-state index in [-0.39, 0.29) is 0 Å². The van der Waals surface area contributed by atoms with Crippen LogP contribution in [0.4, 0.5) is 11.4 Å². The molecule has 1 aliphatic heterocycles. The third kappa shape index (κ3) is 2.38. The topological polar surface area (TPSA) is 62.3 Å². The van der Waals surface area contributed by atoms with Crippen molar-refractivity contribution in [2.45, 2.75) is 13.0 Å². The fourth-order valence-corrected chi connectivity index (χ4v) is 2.84. The number of methoxy groups -OCH3 is 1. The lowest BCUT2D eigenvalue weighted by atomic mass is 9.97. The number of nitrogens with two attached hydrogens (primary N) is 1. The Morgan fingerprint density at radius 2 is 2.14 bits per heavy atom. The van der Waals surface area contributed by atoms with Crippen LogP contribution < -0.4 is 15.4 Å². The van der Waals surface area contributed by atoms with Crippen molar-refractivity contribution in [1.82, 2.24) is 0 Å². The van der Waals surface area contributed by atoms with Gasteiger partial charge in [-0.1, -0.05) is 12.1 Å². The number of ether oxygens (including phenoxy) is 1. The number of rotatable bonds is 2. The molecule has 106 valence electrons. The molecule has 0 radical (unpaired) electrons. The second-order valence-corrected chi connectivity index (χ2v) is 5.15. The first-order chi connectivity index (χ1) is 10.2. The number of hydrogen-bond acceptors (Lipinski definition) is 4. The zero-order valence-electron chi connectivity index (χ0n) is 12.0. The van der Waals surface area contributed by atoms with Crippen molar-refractivity contribution in [3.8, 4) is 11.8 Å². The highest BCUT2D eigenvalue weighted by molar-refractivity contribution is 5.64. The van der Waals surface area contributed by atoms with E-state index in [4.69, 9.17) is 10.5 Å². The summed E-state index contributed by atoms with van der Waals surface area (Å²) in [7, 11) is 1.64. The van der Waals surface area contributed by atoms with E-state index in [1.54, 1.807) is 7.11 Å². The lowest BCUT2D eigenvalue weighted by molar-refractivity contribution is 0.414. The maximum atomic E-state index is 9.31. The molecule has 2 aromatic rings. The van der Waals surface area contributed by atoms with E-state index >= 15 is 0 Å². The Morgan fingerprint density at radius 3 is 2.90 bits per heavy atom. The molecule has 0 saturated heterocycles. The van der Waals surface area contributed by atoms with Crippen molar-refractivity contribution in [3.05, 3.63) is 53.1 Å². The van der Waals surface area contributed by atoms with Crippen molar-refractivity contribution >= 4 is 11.4 Å². The number of anilines is 2. The van der Waals surface area contributed by atoms with Crippen LogP contribution in [0.1, 0.15) is 16.7 Å². The van der Waals surface area contributed by atoms with Crippen molar-refractivity contribution in [1.29, 1.82) is 5.26 Å². The Labute approximate surface area is 124 Å². The number of nitriles is 1. The van der Waals surface area contributed by atoms with Gasteiger partial charge >= 0.3 is 0 Å². The lowest BCUT2D eigenvalue weighted by Gasteiger charge is -2.32. The summed E-state index contributed by atoms with van der Waals surface area (Å²) >= 11 is 0.